The van der Waals surface area contributed by atoms with Crippen molar-refractivity contribution in [1.82, 2.24) is 4.90 Å². The fourth-order valence-corrected chi connectivity index (χ4v) is 4.40. The third kappa shape index (κ3) is 3.10. The summed E-state index contributed by atoms with van der Waals surface area (Å²) in [7, 11) is 4.24. The van der Waals surface area contributed by atoms with E-state index in [9.17, 15) is 0 Å². The lowest BCUT2D eigenvalue weighted by Gasteiger charge is -2.28. The van der Waals surface area contributed by atoms with Crippen molar-refractivity contribution in [3.8, 4) is 0 Å². The van der Waals surface area contributed by atoms with Crippen LogP contribution in [-0.2, 0) is 4.84 Å². The fraction of sp³-hybridized carbons (Fsp3) is 0.240. The topological polar surface area (TPSA) is 28.1 Å². The summed E-state index contributed by atoms with van der Waals surface area (Å²) < 4.78 is 0. The van der Waals surface area contributed by atoms with E-state index in [4.69, 9.17) is 4.84 Å². The molecular weight excluding hydrogens is 358 g/mol. The summed E-state index contributed by atoms with van der Waals surface area (Å²) in [5.41, 5.74) is 7.04. The number of hydrogen-bond acceptors (Lipinski definition) is 4. The number of likely N-dealkylation sites (N-methyl/N-ethyl adjacent to an activating group) is 1. The van der Waals surface area contributed by atoms with E-state index in [0.29, 0.717) is 0 Å². The van der Waals surface area contributed by atoms with Crippen molar-refractivity contribution in [3.05, 3.63) is 95.6 Å². The zero-order valence-corrected chi connectivity index (χ0v) is 16.8. The summed E-state index contributed by atoms with van der Waals surface area (Å²) in [5, 5.41) is 4.58. The highest BCUT2D eigenvalue weighted by Gasteiger charge is 2.42. The minimum Gasteiger partial charge on any atom is -0.386 e. The second-order valence-electron chi connectivity index (χ2n) is 7.92. The van der Waals surface area contributed by atoms with Crippen LogP contribution in [0.3, 0.4) is 0 Å². The molecule has 146 valence electrons. The molecule has 3 aromatic rings. The van der Waals surface area contributed by atoms with Gasteiger partial charge in [-0.25, -0.2) is 0 Å². The zero-order valence-electron chi connectivity index (χ0n) is 16.8. The Morgan fingerprint density at radius 1 is 0.828 bits per heavy atom. The number of hydrogen-bond donors (Lipinski definition) is 0. The molecule has 0 fully saturated rings. The average Bonchev–Trinajstić information content (AvgIpc) is 3.15. The van der Waals surface area contributed by atoms with Crippen LogP contribution in [0.25, 0.3) is 0 Å². The average molecular weight is 383 g/mol. The van der Waals surface area contributed by atoms with E-state index in [1.165, 1.54) is 22.5 Å². The first kappa shape index (κ1) is 18.0. The molecule has 0 saturated carbocycles. The first-order valence-electron chi connectivity index (χ1n) is 10.1. The van der Waals surface area contributed by atoms with Crippen LogP contribution in [0.5, 0.6) is 0 Å². The van der Waals surface area contributed by atoms with Crippen LogP contribution < -0.4 is 4.90 Å². The molecule has 0 spiro atoms. The van der Waals surface area contributed by atoms with Gasteiger partial charge in [0.15, 0.2) is 6.10 Å². The molecule has 0 bridgehead atoms. The van der Waals surface area contributed by atoms with E-state index < -0.39 is 0 Å². The van der Waals surface area contributed by atoms with Crippen LogP contribution in [0, 0.1) is 0 Å². The highest BCUT2D eigenvalue weighted by Crippen LogP contribution is 2.51. The van der Waals surface area contributed by atoms with Crippen molar-refractivity contribution in [2.75, 3.05) is 32.1 Å². The number of para-hydroxylation sites is 2. The normalized spacial score (nSPS) is 19.7. The molecule has 5 rings (SSSR count). The molecule has 4 heteroatoms. The Labute approximate surface area is 172 Å². The van der Waals surface area contributed by atoms with Gasteiger partial charge in [0.05, 0.1) is 11.6 Å². The summed E-state index contributed by atoms with van der Waals surface area (Å²) in [6.45, 7) is 1.89. The lowest BCUT2D eigenvalue weighted by molar-refractivity contribution is 0.0772. The predicted octanol–water partition coefficient (Wildman–Crippen LogP) is 4.96. The van der Waals surface area contributed by atoms with Crippen molar-refractivity contribution in [2.45, 2.75) is 12.0 Å². The van der Waals surface area contributed by atoms with Crippen molar-refractivity contribution >= 4 is 17.1 Å². The standard InChI is InChI=1S/C25H25N3O/c1-27(2)16-17-28-21-14-8-6-12-19(21)23-24(18-10-4-3-5-11-18)26-29-25(23)20-13-7-9-15-22(20)28/h3-15,23,25H,16-17H2,1-2H3. The molecule has 2 aliphatic heterocycles. The number of fused-ring (bicyclic) bond motifs is 5. The van der Waals surface area contributed by atoms with Gasteiger partial charge in [-0.05, 0) is 31.8 Å². The Balaban J connectivity index is 1.69. The minimum atomic E-state index is -0.119. The molecule has 2 aliphatic rings. The van der Waals surface area contributed by atoms with Crippen molar-refractivity contribution in [3.63, 3.8) is 0 Å². The molecule has 3 aromatic carbocycles. The monoisotopic (exact) mass is 383 g/mol. The maximum atomic E-state index is 6.11. The molecule has 2 unspecified atom stereocenters. The molecule has 4 nitrogen and oxygen atoms in total. The van der Waals surface area contributed by atoms with Gasteiger partial charge < -0.3 is 14.6 Å². The number of rotatable bonds is 4. The largest absolute Gasteiger partial charge is 0.386 e. The molecular formula is C25H25N3O. The molecule has 2 atom stereocenters. The van der Waals surface area contributed by atoms with Gasteiger partial charge in [-0.1, -0.05) is 71.9 Å². The Morgan fingerprint density at radius 2 is 1.45 bits per heavy atom. The van der Waals surface area contributed by atoms with Gasteiger partial charge >= 0.3 is 0 Å². The quantitative estimate of drug-likeness (QED) is 0.637. The Bertz CT molecular complexity index is 1040. The van der Waals surface area contributed by atoms with Gasteiger partial charge in [-0.15, -0.1) is 0 Å². The van der Waals surface area contributed by atoms with E-state index in [2.05, 4.69) is 102 Å². The summed E-state index contributed by atoms with van der Waals surface area (Å²) >= 11 is 0. The molecule has 0 amide bonds. The number of benzene rings is 3. The van der Waals surface area contributed by atoms with Gasteiger partial charge in [0.2, 0.25) is 0 Å². The lowest BCUT2D eigenvalue weighted by Crippen LogP contribution is -2.29. The van der Waals surface area contributed by atoms with Gasteiger partial charge in [0.1, 0.15) is 0 Å². The molecule has 0 radical (unpaired) electrons. The maximum absolute atomic E-state index is 6.11. The Morgan fingerprint density at radius 3 is 2.17 bits per heavy atom. The molecule has 0 aliphatic carbocycles. The van der Waals surface area contributed by atoms with Crippen LogP contribution in [0.1, 0.15) is 28.7 Å². The summed E-state index contributed by atoms with van der Waals surface area (Å²) in [6, 6.07) is 27.7. The maximum Gasteiger partial charge on any atom is 0.167 e. The van der Waals surface area contributed by atoms with E-state index in [0.717, 1.165) is 24.4 Å². The molecule has 0 N–H and O–H groups in total. The second kappa shape index (κ2) is 7.37. The predicted molar refractivity (Wildman–Crippen MR) is 118 cm³/mol. The number of oxime groups is 1. The van der Waals surface area contributed by atoms with Crippen molar-refractivity contribution < 1.29 is 4.84 Å². The highest BCUT2D eigenvalue weighted by molar-refractivity contribution is 6.07. The SMILES string of the molecule is CN(C)CCN1c2ccccc2C2ON=C(c3ccccc3)C2c2ccccc21. The van der Waals surface area contributed by atoms with Gasteiger partial charge in [0, 0.05) is 35.6 Å². The summed E-state index contributed by atoms with van der Waals surface area (Å²) in [5.74, 6) is 0.0686. The van der Waals surface area contributed by atoms with Crippen molar-refractivity contribution in [1.29, 1.82) is 0 Å². The first-order valence-corrected chi connectivity index (χ1v) is 10.1. The molecule has 0 saturated heterocycles. The van der Waals surface area contributed by atoms with Crippen LogP contribution >= 0.6 is 0 Å². The molecule has 29 heavy (non-hydrogen) atoms. The highest BCUT2D eigenvalue weighted by atomic mass is 16.6. The molecule has 0 aromatic heterocycles. The Kier molecular flexibility index (Phi) is 4.57. The van der Waals surface area contributed by atoms with Gasteiger partial charge in [-0.2, -0.15) is 0 Å². The third-order valence-corrected chi connectivity index (χ3v) is 5.80. The number of nitrogens with zero attached hydrogens (tertiary/aromatic N) is 3. The third-order valence-electron chi connectivity index (χ3n) is 5.80. The van der Waals surface area contributed by atoms with Crippen LogP contribution in [0.15, 0.2) is 84.0 Å². The molecule has 2 heterocycles. The second-order valence-corrected chi connectivity index (χ2v) is 7.92. The minimum absolute atomic E-state index is 0.0686. The number of anilines is 2. The summed E-state index contributed by atoms with van der Waals surface area (Å²) in [6.07, 6.45) is -0.119. The van der Waals surface area contributed by atoms with E-state index in [-0.39, 0.29) is 12.0 Å². The summed E-state index contributed by atoms with van der Waals surface area (Å²) in [4.78, 5) is 10.8. The lowest BCUT2D eigenvalue weighted by atomic mass is 9.83. The van der Waals surface area contributed by atoms with Crippen molar-refractivity contribution in [2.24, 2.45) is 5.16 Å². The van der Waals surface area contributed by atoms with Gasteiger partial charge in [-0.3, -0.25) is 0 Å². The van der Waals surface area contributed by atoms with Crippen LogP contribution in [-0.4, -0.2) is 37.8 Å². The van der Waals surface area contributed by atoms with E-state index in [1.54, 1.807) is 0 Å². The fourth-order valence-electron chi connectivity index (χ4n) is 4.40. The van der Waals surface area contributed by atoms with Crippen LogP contribution in [0.2, 0.25) is 0 Å². The van der Waals surface area contributed by atoms with E-state index >= 15 is 0 Å². The first-order chi connectivity index (χ1) is 14.2. The smallest absolute Gasteiger partial charge is 0.167 e. The van der Waals surface area contributed by atoms with Gasteiger partial charge in [0.25, 0.3) is 0 Å². The zero-order chi connectivity index (χ0) is 19.8. The van der Waals surface area contributed by atoms with E-state index in [1.807, 2.05) is 6.07 Å². The van der Waals surface area contributed by atoms with Crippen LogP contribution in [0.4, 0.5) is 11.4 Å². The Hall–Kier alpha value is -3.11.